The summed E-state index contributed by atoms with van der Waals surface area (Å²) < 4.78 is 6.14. The number of hydrogen-bond donors (Lipinski definition) is 1. The topological polar surface area (TPSA) is 41.7 Å². The molecule has 1 aliphatic heterocycles. The van der Waals surface area contributed by atoms with Gasteiger partial charge < -0.3 is 9.64 Å². The monoisotopic (exact) mass is 517 g/mol. The zero-order chi connectivity index (χ0) is 26.2. The fraction of sp³-hybridized carbons (Fsp3) is 0.375. The van der Waals surface area contributed by atoms with Crippen LogP contribution in [-0.2, 0) is 32.4 Å². The van der Waals surface area contributed by atoms with Crippen molar-refractivity contribution in [2.24, 2.45) is 5.84 Å². The SMILES string of the molecule is C/C=C(\CC)Oc1cc2c(cc1Cl)CCN(C)C(CCc1ccccc1CN(N)Cc1ccccc1)C2. The number of nitrogens with two attached hydrogens (primary N) is 1. The summed E-state index contributed by atoms with van der Waals surface area (Å²) in [5.41, 5.74) is 6.60. The molecule has 0 radical (unpaired) electrons. The minimum absolute atomic E-state index is 0.453. The molecule has 3 aromatic rings. The quantitative estimate of drug-likeness (QED) is 0.180. The molecule has 2 N–H and O–H groups in total. The number of allylic oxidation sites excluding steroid dienone is 2. The highest BCUT2D eigenvalue weighted by atomic mass is 35.5. The fourth-order valence-electron chi connectivity index (χ4n) is 5.20. The number of hydrazine groups is 1. The van der Waals surface area contributed by atoms with E-state index in [1.165, 1.54) is 27.8 Å². The Balaban J connectivity index is 1.45. The van der Waals surface area contributed by atoms with Gasteiger partial charge in [0.15, 0.2) is 0 Å². The summed E-state index contributed by atoms with van der Waals surface area (Å²) in [5, 5.41) is 2.60. The number of aryl methyl sites for hydroxylation is 1. The second-order valence-electron chi connectivity index (χ2n) is 10.0. The first kappa shape index (κ1) is 27.4. The predicted molar refractivity (Wildman–Crippen MR) is 155 cm³/mol. The van der Waals surface area contributed by atoms with Gasteiger partial charge in [0.2, 0.25) is 0 Å². The summed E-state index contributed by atoms with van der Waals surface area (Å²) in [6.45, 7) is 6.60. The highest BCUT2D eigenvalue weighted by molar-refractivity contribution is 6.32. The van der Waals surface area contributed by atoms with Crippen molar-refractivity contribution in [3.63, 3.8) is 0 Å². The number of benzene rings is 3. The maximum atomic E-state index is 6.62. The van der Waals surface area contributed by atoms with Crippen LogP contribution >= 0.6 is 11.6 Å². The lowest BCUT2D eigenvalue weighted by molar-refractivity contribution is 0.237. The molecule has 1 atom stereocenters. The van der Waals surface area contributed by atoms with Crippen molar-refractivity contribution in [2.75, 3.05) is 13.6 Å². The zero-order valence-electron chi connectivity index (χ0n) is 22.4. The smallest absolute Gasteiger partial charge is 0.145 e. The Labute approximate surface area is 227 Å². The van der Waals surface area contributed by atoms with Crippen LogP contribution in [0.5, 0.6) is 5.75 Å². The van der Waals surface area contributed by atoms with Crippen LogP contribution in [0.15, 0.2) is 78.6 Å². The third kappa shape index (κ3) is 7.45. The van der Waals surface area contributed by atoms with E-state index in [1.807, 2.05) is 24.1 Å². The average molecular weight is 518 g/mol. The number of halogens is 1. The number of nitrogens with zero attached hydrogens (tertiary/aromatic N) is 2. The van der Waals surface area contributed by atoms with E-state index < -0.39 is 0 Å². The van der Waals surface area contributed by atoms with Crippen LogP contribution < -0.4 is 10.6 Å². The van der Waals surface area contributed by atoms with Gasteiger partial charge in [-0.1, -0.05) is 73.1 Å². The van der Waals surface area contributed by atoms with Crippen molar-refractivity contribution in [3.05, 3.63) is 111 Å². The molecule has 37 heavy (non-hydrogen) atoms. The Bertz CT molecular complexity index is 1190. The Kier molecular flexibility index (Phi) is 9.81. The van der Waals surface area contributed by atoms with Gasteiger partial charge in [-0.05, 0) is 85.7 Å². The van der Waals surface area contributed by atoms with E-state index in [-0.39, 0.29) is 0 Å². The summed E-state index contributed by atoms with van der Waals surface area (Å²) in [7, 11) is 2.25. The lowest BCUT2D eigenvalue weighted by Crippen LogP contribution is -2.34. The van der Waals surface area contributed by atoms with Crippen molar-refractivity contribution >= 4 is 11.6 Å². The molecule has 4 rings (SSSR count). The molecule has 0 aromatic heterocycles. The van der Waals surface area contributed by atoms with Gasteiger partial charge in [0.05, 0.1) is 10.8 Å². The van der Waals surface area contributed by atoms with Crippen molar-refractivity contribution < 1.29 is 4.74 Å². The second kappa shape index (κ2) is 13.3. The van der Waals surface area contributed by atoms with Crippen LogP contribution in [0, 0.1) is 0 Å². The van der Waals surface area contributed by atoms with E-state index >= 15 is 0 Å². The molecule has 1 heterocycles. The van der Waals surface area contributed by atoms with Gasteiger partial charge in [0.1, 0.15) is 5.75 Å². The minimum Gasteiger partial charge on any atom is -0.461 e. The summed E-state index contributed by atoms with van der Waals surface area (Å²) in [5.74, 6) is 8.14. The van der Waals surface area contributed by atoms with Crippen LogP contribution in [0.1, 0.15) is 54.5 Å². The van der Waals surface area contributed by atoms with Crippen LogP contribution in [-0.4, -0.2) is 29.5 Å². The van der Waals surface area contributed by atoms with E-state index in [2.05, 4.69) is 79.5 Å². The maximum absolute atomic E-state index is 6.62. The largest absolute Gasteiger partial charge is 0.461 e. The molecule has 0 bridgehead atoms. The minimum atomic E-state index is 0.453. The second-order valence-corrected chi connectivity index (χ2v) is 10.5. The lowest BCUT2D eigenvalue weighted by Gasteiger charge is -2.26. The molecule has 3 aromatic carbocycles. The average Bonchev–Trinajstić information content (AvgIpc) is 3.05. The van der Waals surface area contributed by atoms with Crippen LogP contribution in [0.3, 0.4) is 0 Å². The highest BCUT2D eigenvalue weighted by Crippen LogP contribution is 2.33. The van der Waals surface area contributed by atoms with E-state index in [9.17, 15) is 0 Å². The molecule has 196 valence electrons. The summed E-state index contributed by atoms with van der Waals surface area (Å²) >= 11 is 6.62. The Morgan fingerprint density at radius 2 is 1.78 bits per heavy atom. The molecule has 0 saturated heterocycles. The first-order valence-corrected chi connectivity index (χ1v) is 13.8. The normalized spacial score (nSPS) is 16.5. The molecule has 0 spiro atoms. The summed E-state index contributed by atoms with van der Waals surface area (Å²) in [6, 6.07) is 23.9. The van der Waals surface area contributed by atoms with Gasteiger partial charge in [-0.3, -0.25) is 5.84 Å². The number of likely N-dealkylation sites (N-methyl/N-ethyl adjacent to an activating group) is 1. The number of hydrogen-bond acceptors (Lipinski definition) is 4. The third-order valence-corrected chi connectivity index (χ3v) is 7.74. The van der Waals surface area contributed by atoms with Gasteiger partial charge in [-0.15, -0.1) is 0 Å². The summed E-state index contributed by atoms with van der Waals surface area (Å²) in [6.07, 6.45) is 6.97. The van der Waals surface area contributed by atoms with Crippen LogP contribution in [0.2, 0.25) is 5.02 Å². The van der Waals surface area contributed by atoms with Gasteiger partial charge in [-0.2, -0.15) is 0 Å². The molecular formula is C32H40ClN3O. The van der Waals surface area contributed by atoms with E-state index in [4.69, 9.17) is 22.2 Å². The lowest BCUT2D eigenvalue weighted by atomic mass is 9.94. The maximum Gasteiger partial charge on any atom is 0.145 e. The van der Waals surface area contributed by atoms with E-state index in [0.717, 1.165) is 63.2 Å². The standard InChI is InChI=1S/C32H40ClN3O/c1-4-30(5-2)37-32-21-28-19-29(35(3)18-17-26(28)20-31(32)33)16-15-25-13-9-10-14-27(25)23-36(34)22-24-11-7-6-8-12-24/h4,6-14,20-21,29H,5,15-19,22-23,34H2,1-3H3/b30-4+. The van der Waals surface area contributed by atoms with Crippen LogP contribution in [0.25, 0.3) is 0 Å². The van der Waals surface area contributed by atoms with Crippen molar-refractivity contribution in [3.8, 4) is 5.75 Å². The Hall–Kier alpha value is -2.63. The van der Waals surface area contributed by atoms with Crippen molar-refractivity contribution in [1.29, 1.82) is 0 Å². The number of rotatable bonds is 10. The molecule has 5 heteroatoms. The Morgan fingerprint density at radius 3 is 2.51 bits per heavy atom. The van der Waals surface area contributed by atoms with Gasteiger partial charge in [0, 0.05) is 32.1 Å². The van der Waals surface area contributed by atoms with Crippen molar-refractivity contribution in [2.45, 2.75) is 65.1 Å². The highest BCUT2D eigenvalue weighted by Gasteiger charge is 2.23. The van der Waals surface area contributed by atoms with Gasteiger partial charge >= 0.3 is 0 Å². The molecule has 1 aliphatic rings. The Morgan fingerprint density at radius 1 is 1.05 bits per heavy atom. The molecule has 4 nitrogen and oxygen atoms in total. The molecule has 0 amide bonds. The van der Waals surface area contributed by atoms with Gasteiger partial charge in [-0.25, -0.2) is 5.01 Å². The zero-order valence-corrected chi connectivity index (χ0v) is 23.2. The summed E-state index contributed by atoms with van der Waals surface area (Å²) in [4.78, 5) is 2.51. The van der Waals surface area contributed by atoms with Crippen molar-refractivity contribution in [1.82, 2.24) is 9.91 Å². The van der Waals surface area contributed by atoms with E-state index in [0.29, 0.717) is 11.1 Å². The molecule has 0 saturated carbocycles. The fourth-order valence-corrected chi connectivity index (χ4v) is 5.42. The number of ether oxygens (including phenoxy) is 1. The van der Waals surface area contributed by atoms with Crippen LogP contribution in [0.4, 0.5) is 0 Å². The first-order chi connectivity index (χ1) is 18.0. The van der Waals surface area contributed by atoms with Gasteiger partial charge in [0.25, 0.3) is 0 Å². The number of fused-ring (bicyclic) bond motifs is 1. The van der Waals surface area contributed by atoms with E-state index in [1.54, 1.807) is 0 Å². The first-order valence-electron chi connectivity index (χ1n) is 13.4. The molecule has 1 unspecified atom stereocenters. The molecule has 0 fully saturated rings. The predicted octanol–water partition coefficient (Wildman–Crippen LogP) is 6.94. The molecule has 0 aliphatic carbocycles. The third-order valence-electron chi connectivity index (χ3n) is 7.45. The molecular weight excluding hydrogens is 478 g/mol.